The second kappa shape index (κ2) is 7.23. The minimum Gasteiger partial charge on any atom is -0.379 e. The Bertz CT molecular complexity index is 423. The second-order valence-electron chi connectivity index (χ2n) is 4.14. The van der Waals surface area contributed by atoms with Crippen LogP contribution < -0.4 is 5.32 Å². The van der Waals surface area contributed by atoms with E-state index in [0.29, 0.717) is 25.5 Å². The van der Waals surface area contributed by atoms with Gasteiger partial charge in [0, 0.05) is 18.6 Å². The number of nitrogens with one attached hydrogen (secondary N) is 1. The number of carbonyl (C=O) groups excluding carboxylic acids is 1. The summed E-state index contributed by atoms with van der Waals surface area (Å²) in [6.45, 7) is 3.75. The van der Waals surface area contributed by atoms with Gasteiger partial charge in [-0.3, -0.25) is 4.79 Å². The zero-order valence-electron chi connectivity index (χ0n) is 11.0. The fourth-order valence-electron chi connectivity index (χ4n) is 1.95. The summed E-state index contributed by atoms with van der Waals surface area (Å²) in [5.74, 6) is -0.131. The van der Waals surface area contributed by atoms with Crippen LogP contribution in [0.25, 0.3) is 0 Å². The van der Waals surface area contributed by atoms with E-state index in [1.54, 1.807) is 17.1 Å². The Morgan fingerprint density at radius 3 is 3.26 bits per heavy atom. The number of amides is 1. The van der Waals surface area contributed by atoms with E-state index in [9.17, 15) is 4.79 Å². The molecule has 7 heteroatoms. The topological polar surface area (TPSA) is 60.5 Å². The smallest absolute Gasteiger partial charge is 0.271 e. The largest absolute Gasteiger partial charge is 0.379 e. The number of rotatable bonds is 5. The van der Waals surface area contributed by atoms with Crippen LogP contribution in [-0.2, 0) is 9.47 Å². The number of nitrogens with zero attached hydrogens (tertiary/aromatic N) is 1. The van der Waals surface area contributed by atoms with Crippen LogP contribution in [-0.4, -0.2) is 49.1 Å². The van der Waals surface area contributed by atoms with Crippen molar-refractivity contribution in [3.63, 3.8) is 0 Å². The maximum Gasteiger partial charge on any atom is 0.271 e. The van der Waals surface area contributed by atoms with Crippen LogP contribution >= 0.6 is 23.1 Å². The molecule has 2 atom stereocenters. The number of carbonyl (C=O) groups is 1. The zero-order valence-corrected chi connectivity index (χ0v) is 12.7. The van der Waals surface area contributed by atoms with Crippen molar-refractivity contribution in [2.75, 3.05) is 26.1 Å². The molecule has 1 aliphatic rings. The van der Waals surface area contributed by atoms with Crippen molar-refractivity contribution in [2.45, 2.75) is 29.8 Å². The van der Waals surface area contributed by atoms with Crippen LogP contribution in [0.4, 0.5) is 0 Å². The lowest BCUT2D eigenvalue weighted by Crippen LogP contribution is -2.50. The molecule has 1 aromatic heterocycles. The van der Waals surface area contributed by atoms with Gasteiger partial charge in [0.25, 0.3) is 5.91 Å². The highest BCUT2D eigenvalue weighted by molar-refractivity contribution is 8.00. The van der Waals surface area contributed by atoms with E-state index in [1.165, 1.54) is 11.3 Å². The highest BCUT2D eigenvalue weighted by Crippen LogP contribution is 2.20. The van der Waals surface area contributed by atoms with Gasteiger partial charge < -0.3 is 14.8 Å². The van der Waals surface area contributed by atoms with E-state index in [0.717, 1.165) is 10.8 Å². The maximum absolute atomic E-state index is 12.1. The van der Waals surface area contributed by atoms with Crippen molar-refractivity contribution in [2.24, 2.45) is 0 Å². The van der Waals surface area contributed by atoms with Crippen molar-refractivity contribution >= 4 is 29.0 Å². The molecule has 106 valence electrons. The summed E-state index contributed by atoms with van der Waals surface area (Å²) in [4.78, 5) is 16.4. The van der Waals surface area contributed by atoms with Gasteiger partial charge >= 0.3 is 0 Å². The summed E-state index contributed by atoms with van der Waals surface area (Å²) in [7, 11) is 0. The van der Waals surface area contributed by atoms with Gasteiger partial charge in [0.15, 0.2) is 0 Å². The van der Waals surface area contributed by atoms with Gasteiger partial charge in [-0.1, -0.05) is 11.8 Å². The average molecular weight is 302 g/mol. The summed E-state index contributed by atoms with van der Waals surface area (Å²) in [5, 5.41) is 4.79. The van der Waals surface area contributed by atoms with Gasteiger partial charge in [-0.25, -0.2) is 4.98 Å². The molecule has 1 fully saturated rings. The third-order valence-corrected chi connectivity index (χ3v) is 4.75. The summed E-state index contributed by atoms with van der Waals surface area (Å²) in [6.07, 6.45) is 2.65. The van der Waals surface area contributed by atoms with Gasteiger partial charge in [-0.2, -0.15) is 0 Å². The molecular formula is C12H18N2O3S2. The Kier molecular flexibility index (Phi) is 5.62. The summed E-state index contributed by atoms with van der Waals surface area (Å²) in [5.41, 5.74) is 0.482. The Morgan fingerprint density at radius 1 is 1.74 bits per heavy atom. The minimum absolute atomic E-state index is 0.000583. The Labute approximate surface area is 121 Å². The van der Waals surface area contributed by atoms with E-state index < -0.39 is 0 Å². The Hall–Kier alpha value is -0.630. The highest BCUT2D eigenvalue weighted by atomic mass is 32.2. The Balaban J connectivity index is 1.96. The number of thiazole rings is 1. The van der Waals surface area contributed by atoms with Gasteiger partial charge in [0.2, 0.25) is 0 Å². The predicted octanol–water partition coefficient (Wildman–Crippen LogP) is 1.79. The first-order valence-corrected chi connectivity index (χ1v) is 8.34. The molecule has 2 rings (SSSR count). The summed E-state index contributed by atoms with van der Waals surface area (Å²) in [6, 6.07) is 0.000583. The molecular weight excluding hydrogens is 284 g/mol. The van der Waals surface area contributed by atoms with Crippen molar-refractivity contribution in [1.29, 1.82) is 0 Å². The first-order chi connectivity index (χ1) is 9.24. The number of aromatic nitrogens is 1. The number of thioether (sulfide) groups is 1. The van der Waals surface area contributed by atoms with Gasteiger partial charge in [-0.15, -0.1) is 11.3 Å². The quantitative estimate of drug-likeness (QED) is 0.840. The lowest BCUT2D eigenvalue weighted by atomic mass is 10.1. The van der Waals surface area contributed by atoms with E-state index >= 15 is 0 Å². The van der Waals surface area contributed by atoms with E-state index in [-0.39, 0.29) is 18.1 Å². The third kappa shape index (κ3) is 3.92. The number of hydrogen-bond acceptors (Lipinski definition) is 6. The van der Waals surface area contributed by atoms with Crippen LogP contribution in [0.1, 0.15) is 23.8 Å². The first-order valence-electron chi connectivity index (χ1n) is 6.24. The lowest BCUT2D eigenvalue weighted by Gasteiger charge is -2.31. The normalized spacial score (nSPS) is 23.3. The predicted molar refractivity (Wildman–Crippen MR) is 76.0 cm³/mol. The molecule has 0 saturated carbocycles. The van der Waals surface area contributed by atoms with E-state index in [4.69, 9.17) is 9.47 Å². The first kappa shape index (κ1) is 14.8. The highest BCUT2D eigenvalue weighted by Gasteiger charge is 2.28. The molecule has 1 aliphatic heterocycles. The van der Waals surface area contributed by atoms with Crippen LogP contribution in [0.15, 0.2) is 9.72 Å². The Morgan fingerprint density at radius 2 is 2.58 bits per heavy atom. The molecule has 5 nitrogen and oxygen atoms in total. The SMILES string of the molecule is CCO[C@@H]1COCC[C@H]1NC(=O)c1csc(SC)n1. The van der Waals surface area contributed by atoms with Crippen molar-refractivity contribution in [1.82, 2.24) is 10.3 Å². The van der Waals surface area contributed by atoms with Gasteiger partial charge in [0.05, 0.1) is 12.6 Å². The zero-order chi connectivity index (χ0) is 13.7. The molecule has 1 amide bonds. The van der Waals surface area contributed by atoms with E-state index in [2.05, 4.69) is 10.3 Å². The number of ether oxygens (including phenoxy) is 2. The number of hydrogen-bond donors (Lipinski definition) is 1. The van der Waals surface area contributed by atoms with Crippen LogP contribution in [0, 0.1) is 0 Å². The molecule has 19 heavy (non-hydrogen) atoms. The second-order valence-corrected chi connectivity index (χ2v) is 6.05. The van der Waals surface area contributed by atoms with Crippen LogP contribution in [0.2, 0.25) is 0 Å². The fraction of sp³-hybridized carbons (Fsp3) is 0.667. The molecule has 0 unspecified atom stereocenters. The monoisotopic (exact) mass is 302 g/mol. The van der Waals surface area contributed by atoms with Gasteiger partial charge in [-0.05, 0) is 19.6 Å². The lowest BCUT2D eigenvalue weighted by molar-refractivity contribution is -0.0633. The van der Waals surface area contributed by atoms with Crippen molar-refractivity contribution in [3.05, 3.63) is 11.1 Å². The molecule has 1 saturated heterocycles. The van der Waals surface area contributed by atoms with Gasteiger partial charge in [0.1, 0.15) is 16.1 Å². The fourth-order valence-corrected chi connectivity index (χ4v) is 3.20. The van der Waals surface area contributed by atoms with E-state index in [1.807, 2.05) is 13.2 Å². The van der Waals surface area contributed by atoms with Crippen molar-refractivity contribution in [3.8, 4) is 0 Å². The molecule has 0 aliphatic carbocycles. The third-order valence-electron chi connectivity index (χ3n) is 2.89. The van der Waals surface area contributed by atoms with Crippen LogP contribution in [0.5, 0.6) is 0 Å². The molecule has 1 aromatic rings. The molecule has 0 bridgehead atoms. The molecule has 0 spiro atoms. The maximum atomic E-state index is 12.1. The molecule has 0 radical (unpaired) electrons. The summed E-state index contributed by atoms with van der Waals surface area (Å²) < 4.78 is 11.9. The molecule has 0 aromatic carbocycles. The molecule has 2 heterocycles. The summed E-state index contributed by atoms with van der Waals surface area (Å²) >= 11 is 3.03. The average Bonchev–Trinajstić information content (AvgIpc) is 2.90. The minimum atomic E-state index is -0.131. The standard InChI is InChI=1S/C12H18N2O3S2/c1-3-17-10-6-16-5-4-8(10)13-11(15)9-7-19-12(14-9)18-2/h7-8,10H,3-6H2,1-2H3,(H,13,15)/t8-,10-/m1/s1. The van der Waals surface area contributed by atoms with Crippen molar-refractivity contribution < 1.29 is 14.3 Å². The van der Waals surface area contributed by atoms with Crippen LogP contribution in [0.3, 0.4) is 0 Å². The molecule has 1 N–H and O–H groups in total.